The summed E-state index contributed by atoms with van der Waals surface area (Å²) >= 11 is 0. The molecule has 1 aromatic carbocycles. The summed E-state index contributed by atoms with van der Waals surface area (Å²) in [6.45, 7) is 1.84. The number of aryl methyl sites for hydroxylation is 1. The topological polar surface area (TPSA) is 66.4 Å². The summed E-state index contributed by atoms with van der Waals surface area (Å²) in [5, 5.41) is 12.0. The third kappa shape index (κ3) is 2.30. The smallest absolute Gasteiger partial charge is 0.337 e. The number of benzene rings is 1. The molecule has 3 atom stereocenters. The lowest BCUT2D eigenvalue weighted by Gasteiger charge is -2.21. The van der Waals surface area contributed by atoms with E-state index in [9.17, 15) is 14.7 Å². The largest absolute Gasteiger partial charge is 0.478 e. The van der Waals surface area contributed by atoms with Crippen molar-refractivity contribution >= 4 is 17.6 Å². The zero-order valence-corrected chi connectivity index (χ0v) is 11.6. The van der Waals surface area contributed by atoms with Crippen molar-refractivity contribution in [1.82, 2.24) is 0 Å². The van der Waals surface area contributed by atoms with Crippen molar-refractivity contribution in [3.05, 3.63) is 29.3 Å². The molecule has 0 aliphatic heterocycles. The minimum Gasteiger partial charge on any atom is -0.478 e. The van der Waals surface area contributed by atoms with E-state index in [0.29, 0.717) is 17.5 Å². The number of amides is 1. The Morgan fingerprint density at radius 3 is 2.65 bits per heavy atom. The van der Waals surface area contributed by atoms with E-state index in [2.05, 4.69) is 5.32 Å². The Morgan fingerprint density at radius 2 is 2.05 bits per heavy atom. The normalized spacial score (nSPS) is 27.6. The number of carboxylic acids is 1. The van der Waals surface area contributed by atoms with Crippen LogP contribution in [-0.4, -0.2) is 17.0 Å². The molecule has 2 aliphatic rings. The van der Waals surface area contributed by atoms with E-state index in [0.717, 1.165) is 24.8 Å². The average molecular weight is 273 g/mol. The third-order valence-corrected chi connectivity index (χ3v) is 4.74. The average Bonchev–Trinajstić information content (AvgIpc) is 3.03. The van der Waals surface area contributed by atoms with Crippen LogP contribution in [0.4, 0.5) is 5.69 Å². The van der Waals surface area contributed by atoms with Crippen LogP contribution in [0.2, 0.25) is 0 Å². The van der Waals surface area contributed by atoms with Gasteiger partial charge in [0.1, 0.15) is 0 Å². The lowest BCUT2D eigenvalue weighted by molar-refractivity contribution is -0.121. The first kappa shape index (κ1) is 13.2. The van der Waals surface area contributed by atoms with Gasteiger partial charge in [0.05, 0.1) is 11.3 Å². The lowest BCUT2D eigenvalue weighted by Crippen LogP contribution is -2.27. The van der Waals surface area contributed by atoms with Crippen molar-refractivity contribution in [3.8, 4) is 0 Å². The quantitative estimate of drug-likeness (QED) is 0.889. The van der Waals surface area contributed by atoms with Gasteiger partial charge in [-0.25, -0.2) is 4.79 Å². The van der Waals surface area contributed by atoms with Gasteiger partial charge in [-0.15, -0.1) is 0 Å². The third-order valence-electron chi connectivity index (χ3n) is 4.74. The van der Waals surface area contributed by atoms with Gasteiger partial charge in [0.15, 0.2) is 0 Å². The number of carbonyl (C=O) groups is 2. The Hall–Kier alpha value is -1.84. The van der Waals surface area contributed by atoms with Crippen LogP contribution in [0.1, 0.15) is 41.6 Å². The maximum absolute atomic E-state index is 12.4. The molecule has 3 rings (SSSR count). The molecule has 4 heteroatoms. The van der Waals surface area contributed by atoms with Crippen LogP contribution in [0.3, 0.4) is 0 Å². The summed E-state index contributed by atoms with van der Waals surface area (Å²) < 4.78 is 0. The summed E-state index contributed by atoms with van der Waals surface area (Å²) in [4.78, 5) is 23.6. The molecule has 0 unspecified atom stereocenters. The molecular weight excluding hydrogens is 254 g/mol. The minimum absolute atomic E-state index is 0.0106. The fourth-order valence-corrected chi connectivity index (χ4v) is 3.74. The number of rotatable bonds is 3. The van der Waals surface area contributed by atoms with Gasteiger partial charge in [-0.1, -0.05) is 18.1 Å². The second kappa shape index (κ2) is 4.93. The highest BCUT2D eigenvalue weighted by Crippen LogP contribution is 2.48. The molecule has 2 aliphatic carbocycles. The molecule has 0 aromatic heterocycles. The Bertz CT molecular complexity index is 567. The van der Waals surface area contributed by atoms with Crippen molar-refractivity contribution in [1.29, 1.82) is 0 Å². The van der Waals surface area contributed by atoms with Gasteiger partial charge in [0.25, 0.3) is 0 Å². The van der Waals surface area contributed by atoms with Crippen LogP contribution < -0.4 is 5.32 Å². The van der Waals surface area contributed by atoms with E-state index in [1.807, 2.05) is 13.0 Å². The van der Waals surface area contributed by atoms with E-state index in [1.165, 1.54) is 6.42 Å². The zero-order chi connectivity index (χ0) is 14.3. The van der Waals surface area contributed by atoms with E-state index >= 15 is 0 Å². The molecular formula is C16H19NO3. The number of nitrogens with one attached hydrogen (secondary N) is 1. The molecule has 1 aromatic rings. The number of carbonyl (C=O) groups excluding carboxylic acids is 1. The fourth-order valence-electron chi connectivity index (χ4n) is 3.74. The number of aromatic carboxylic acids is 1. The number of hydrogen-bond donors (Lipinski definition) is 2. The maximum Gasteiger partial charge on any atom is 0.337 e. The highest BCUT2D eigenvalue weighted by molar-refractivity contribution is 6.01. The van der Waals surface area contributed by atoms with Gasteiger partial charge >= 0.3 is 5.97 Å². The first-order valence-corrected chi connectivity index (χ1v) is 7.19. The zero-order valence-electron chi connectivity index (χ0n) is 11.6. The highest BCUT2D eigenvalue weighted by atomic mass is 16.4. The van der Waals surface area contributed by atoms with Crippen LogP contribution in [0.15, 0.2) is 18.2 Å². The van der Waals surface area contributed by atoms with Crippen LogP contribution in [0, 0.1) is 24.7 Å². The van der Waals surface area contributed by atoms with Gasteiger partial charge in [0, 0.05) is 5.92 Å². The summed E-state index contributed by atoms with van der Waals surface area (Å²) in [7, 11) is 0. The predicted octanol–water partition coefficient (Wildman–Crippen LogP) is 3.07. The number of hydrogen-bond acceptors (Lipinski definition) is 2. The predicted molar refractivity (Wildman–Crippen MR) is 75.7 cm³/mol. The molecule has 2 bridgehead atoms. The number of fused-ring (bicyclic) bond motifs is 2. The fraction of sp³-hybridized carbons (Fsp3) is 0.500. The maximum atomic E-state index is 12.4. The molecule has 2 N–H and O–H groups in total. The summed E-state index contributed by atoms with van der Waals surface area (Å²) in [6.07, 6.45) is 4.52. The van der Waals surface area contributed by atoms with Gasteiger partial charge in [0.2, 0.25) is 5.91 Å². The summed E-state index contributed by atoms with van der Waals surface area (Å²) in [5.41, 5.74) is 1.46. The van der Waals surface area contributed by atoms with E-state index in [-0.39, 0.29) is 17.4 Å². The lowest BCUT2D eigenvalue weighted by atomic mass is 9.88. The Morgan fingerprint density at radius 1 is 1.25 bits per heavy atom. The van der Waals surface area contributed by atoms with Crippen LogP contribution >= 0.6 is 0 Å². The standard InChI is InChI=1S/C16H19NO3/c1-9-2-5-14(13(6-9)16(19)20)17-15(18)12-8-10-3-4-11(12)7-10/h2,5-6,10-12H,3-4,7-8H2,1H3,(H,17,18)(H,19,20)/t10-,11-,12+/m1/s1. The molecule has 0 spiro atoms. The van der Waals surface area contributed by atoms with Gasteiger partial charge in [-0.3, -0.25) is 4.79 Å². The molecule has 2 saturated carbocycles. The molecule has 1 amide bonds. The minimum atomic E-state index is -1.00. The highest BCUT2D eigenvalue weighted by Gasteiger charge is 2.43. The second-order valence-corrected chi connectivity index (χ2v) is 6.12. The Labute approximate surface area is 118 Å². The first-order valence-electron chi connectivity index (χ1n) is 7.19. The molecule has 0 saturated heterocycles. The molecule has 106 valence electrons. The van der Waals surface area contributed by atoms with Crippen molar-refractivity contribution in [2.45, 2.75) is 32.6 Å². The molecule has 2 fully saturated rings. The van der Waals surface area contributed by atoms with Crippen LogP contribution in [-0.2, 0) is 4.79 Å². The van der Waals surface area contributed by atoms with E-state index in [1.54, 1.807) is 12.1 Å². The molecule has 20 heavy (non-hydrogen) atoms. The van der Waals surface area contributed by atoms with Crippen LogP contribution in [0.25, 0.3) is 0 Å². The first-order chi connectivity index (χ1) is 9.54. The summed E-state index contributed by atoms with van der Waals surface area (Å²) in [6, 6.07) is 5.10. The van der Waals surface area contributed by atoms with E-state index < -0.39 is 5.97 Å². The Balaban J connectivity index is 1.78. The molecule has 4 nitrogen and oxygen atoms in total. The van der Waals surface area contributed by atoms with Crippen molar-refractivity contribution in [3.63, 3.8) is 0 Å². The van der Waals surface area contributed by atoms with Gasteiger partial charge < -0.3 is 10.4 Å². The van der Waals surface area contributed by atoms with Gasteiger partial charge in [-0.05, 0) is 50.2 Å². The van der Waals surface area contributed by atoms with E-state index in [4.69, 9.17) is 0 Å². The number of carboxylic acid groups (broad SMARTS) is 1. The van der Waals surface area contributed by atoms with Crippen molar-refractivity contribution in [2.24, 2.45) is 17.8 Å². The summed E-state index contributed by atoms with van der Waals surface area (Å²) in [5.74, 6) is 0.253. The Kier molecular flexibility index (Phi) is 3.24. The van der Waals surface area contributed by atoms with Gasteiger partial charge in [-0.2, -0.15) is 0 Å². The molecule has 0 heterocycles. The van der Waals surface area contributed by atoms with Crippen molar-refractivity contribution in [2.75, 3.05) is 5.32 Å². The van der Waals surface area contributed by atoms with Crippen molar-refractivity contribution < 1.29 is 14.7 Å². The molecule has 0 radical (unpaired) electrons. The second-order valence-electron chi connectivity index (χ2n) is 6.12. The SMILES string of the molecule is Cc1ccc(NC(=O)[C@H]2C[C@@H]3CC[C@@H]2C3)c(C(=O)O)c1. The van der Waals surface area contributed by atoms with Crippen LogP contribution in [0.5, 0.6) is 0 Å². The monoisotopic (exact) mass is 273 g/mol. The number of anilines is 1.